The van der Waals surface area contributed by atoms with Crippen molar-refractivity contribution in [1.29, 1.82) is 0 Å². The van der Waals surface area contributed by atoms with Crippen molar-refractivity contribution in [2.24, 2.45) is 0 Å². The third-order valence-corrected chi connectivity index (χ3v) is 4.18. The van der Waals surface area contributed by atoms with Crippen LogP contribution in [-0.4, -0.2) is 49.3 Å². The van der Waals surface area contributed by atoms with Crippen LogP contribution in [0, 0.1) is 0 Å². The van der Waals surface area contributed by atoms with Gasteiger partial charge in [-0.2, -0.15) is 0 Å². The minimum atomic E-state index is 0.473. The van der Waals surface area contributed by atoms with Gasteiger partial charge in [0.05, 0.1) is 6.10 Å². The Morgan fingerprint density at radius 1 is 1.28 bits per heavy atom. The topological polar surface area (TPSA) is 24.5 Å². The molecule has 1 fully saturated rings. The molecule has 18 heavy (non-hydrogen) atoms. The van der Waals surface area contributed by atoms with Crippen LogP contribution in [0.15, 0.2) is 0 Å². The van der Waals surface area contributed by atoms with E-state index in [2.05, 4.69) is 37.9 Å². The maximum Gasteiger partial charge on any atom is 0.0702 e. The van der Waals surface area contributed by atoms with Crippen LogP contribution in [0.1, 0.15) is 53.4 Å². The molecular weight excluding hydrogens is 224 g/mol. The van der Waals surface area contributed by atoms with Gasteiger partial charge in [0.1, 0.15) is 0 Å². The fourth-order valence-corrected chi connectivity index (χ4v) is 2.71. The minimum absolute atomic E-state index is 0.473. The predicted molar refractivity (Wildman–Crippen MR) is 78.1 cm³/mol. The first kappa shape index (κ1) is 15.9. The Hall–Kier alpha value is -0.120. The van der Waals surface area contributed by atoms with Gasteiger partial charge < -0.3 is 10.1 Å². The van der Waals surface area contributed by atoms with Gasteiger partial charge in [0, 0.05) is 31.8 Å². The first-order valence-corrected chi connectivity index (χ1v) is 7.80. The fourth-order valence-electron chi connectivity index (χ4n) is 2.71. The first-order valence-electron chi connectivity index (χ1n) is 7.80. The van der Waals surface area contributed by atoms with Gasteiger partial charge in [-0.3, -0.25) is 4.90 Å². The van der Waals surface area contributed by atoms with Crippen LogP contribution >= 0.6 is 0 Å². The van der Waals surface area contributed by atoms with Crippen molar-refractivity contribution in [3.8, 4) is 0 Å². The molecule has 108 valence electrons. The van der Waals surface area contributed by atoms with E-state index in [4.69, 9.17) is 4.74 Å². The number of hydrogen-bond donors (Lipinski definition) is 1. The van der Waals surface area contributed by atoms with Crippen LogP contribution in [0.3, 0.4) is 0 Å². The molecule has 3 heteroatoms. The Balaban J connectivity index is 2.29. The molecule has 2 unspecified atom stereocenters. The molecule has 1 aliphatic rings. The average Bonchev–Trinajstić information content (AvgIpc) is 2.89. The second-order valence-electron chi connectivity index (χ2n) is 5.49. The molecular formula is C15H32N2O. The summed E-state index contributed by atoms with van der Waals surface area (Å²) in [6.45, 7) is 13.4. The van der Waals surface area contributed by atoms with Crippen LogP contribution in [0.5, 0.6) is 0 Å². The summed E-state index contributed by atoms with van der Waals surface area (Å²) in [7, 11) is 0. The van der Waals surface area contributed by atoms with E-state index in [9.17, 15) is 0 Å². The number of hydrogen-bond acceptors (Lipinski definition) is 3. The van der Waals surface area contributed by atoms with Crippen molar-refractivity contribution >= 4 is 0 Å². The Labute approximate surface area is 113 Å². The smallest absolute Gasteiger partial charge is 0.0702 e. The molecule has 1 N–H and O–H groups in total. The standard InChI is InChI=1S/C15H32N2O/c1-5-14(6-2)16-11-13(4)17(7-3)12-15-9-8-10-18-15/h13-16H,5-12H2,1-4H3. The lowest BCUT2D eigenvalue weighted by Crippen LogP contribution is -2.45. The molecule has 0 amide bonds. The van der Waals surface area contributed by atoms with E-state index in [0.29, 0.717) is 18.2 Å². The molecule has 3 nitrogen and oxygen atoms in total. The second-order valence-corrected chi connectivity index (χ2v) is 5.49. The van der Waals surface area contributed by atoms with Crippen molar-refractivity contribution in [1.82, 2.24) is 10.2 Å². The van der Waals surface area contributed by atoms with E-state index >= 15 is 0 Å². The molecule has 1 saturated heterocycles. The summed E-state index contributed by atoms with van der Waals surface area (Å²) in [4.78, 5) is 2.55. The van der Waals surface area contributed by atoms with Crippen LogP contribution in [-0.2, 0) is 4.74 Å². The molecule has 0 aromatic rings. The zero-order valence-electron chi connectivity index (χ0n) is 12.7. The Kier molecular flexibility index (Phi) is 7.87. The summed E-state index contributed by atoms with van der Waals surface area (Å²) in [5, 5.41) is 3.68. The molecule has 0 bridgehead atoms. The lowest BCUT2D eigenvalue weighted by atomic mass is 10.1. The number of likely N-dealkylation sites (N-methyl/N-ethyl adjacent to an activating group) is 1. The number of nitrogens with one attached hydrogen (secondary N) is 1. The molecule has 0 radical (unpaired) electrons. The summed E-state index contributed by atoms with van der Waals surface area (Å²) in [6.07, 6.45) is 5.40. The van der Waals surface area contributed by atoms with Crippen molar-refractivity contribution in [2.75, 3.05) is 26.2 Å². The normalized spacial score (nSPS) is 22.0. The summed E-state index contributed by atoms with van der Waals surface area (Å²) in [5.41, 5.74) is 0. The lowest BCUT2D eigenvalue weighted by Gasteiger charge is -2.31. The Bertz CT molecular complexity index is 201. The highest BCUT2D eigenvalue weighted by atomic mass is 16.5. The zero-order valence-corrected chi connectivity index (χ0v) is 12.7. The van der Waals surface area contributed by atoms with Crippen LogP contribution in [0.4, 0.5) is 0 Å². The first-order chi connectivity index (χ1) is 8.71. The van der Waals surface area contributed by atoms with Crippen molar-refractivity contribution < 1.29 is 4.74 Å². The maximum atomic E-state index is 5.74. The third-order valence-electron chi connectivity index (χ3n) is 4.18. The molecule has 0 aromatic heterocycles. The largest absolute Gasteiger partial charge is 0.377 e. The highest BCUT2D eigenvalue weighted by Crippen LogP contribution is 2.14. The monoisotopic (exact) mass is 256 g/mol. The van der Waals surface area contributed by atoms with Gasteiger partial charge in [0.2, 0.25) is 0 Å². The van der Waals surface area contributed by atoms with Crippen LogP contribution in [0.2, 0.25) is 0 Å². The highest BCUT2D eigenvalue weighted by molar-refractivity contribution is 4.76. The Morgan fingerprint density at radius 2 is 2.00 bits per heavy atom. The molecule has 1 aliphatic heterocycles. The van der Waals surface area contributed by atoms with Gasteiger partial charge in [0.15, 0.2) is 0 Å². The van der Waals surface area contributed by atoms with E-state index < -0.39 is 0 Å². The van der Waals surface area contributed by atoms with Gasteiger partial charge in [-0.25, -0.2) is 0 Å². The Morgan fingerprint density at radius 3 is 2.50 bits per heavy atom. The van der Waals surface area contributed by atoms with Crippen molar-refractivity contribution in [3.05, 3.63) is 0 Å². The van der Waals surface area contributed by atoms with E-state index in [0.717, 1.165) is 26.2 Å². The molecule has 0 spiro atoms. The van der Waals surface area contributed by atoms with E-state index in [-0.39, 0.29) is 0 Å². The summed E-state index contributed by atoms with van der Waals surface area (Å²) in [6, 6.07) is 1.27. The molecule has 0 aliphatic carbocycles. The van der Waals surface area contributed by atoms with Gasteiger partial charge in [-0.15, -0.1) is 0 Å². The van der Waals surface area contributed by atoms with Gasteiger partial charge in [0.25, 0.3) is 0 Å². The van der Waals surface area contributed by atoms with Gasteiger partial charge in [-0.05, 0) is 39.2 Å². The van der Waals surface area contributed by atoms with Crippen molar-refractivity contribution in [3.63, 3.8) is 0 Å². The predicted octanol–water partition coefficient (Wildman–Crippen LogP) is 2.65. The molecule has 2 atom stereocenters. The molecule has 0 aromatic carbocycles. The quantitative estimate of drug-likeness (QED) is 0.686. The number of ether oxygens (including phenoxy) is 1. The molecule has 1 rings (SSSR count). The van der Waals surface area contributed by atoms with Gasteiger partial charge in [-0.1, -0.05) is 20.8 Å². The second kappa shape index (κ2) is 8.89. The van der Waals surface area contributed by atoms with Crippen LogP contribution in [0.25, 0.3) is 0 Å². The fraction of sp³-hybridized carbons (Fsp3) is 1.00. The van der Waals surface area contributed by atoms with Crippen LogP contribution < -0.4 is 5.32 Å². The lowest BCUT2D eigenvalue weighted by molar-refractivity contribution is 0.0613. The number of rotatable bonds is 9. The zero-order chi connectivity index (χ0) is 13.4. The summed E-state index contributed by atoms with van der Waals surface area (Å²) in [5.74, 6) is 0. The SMILES string of the molecule is CCC(CC)NCC(C)N(CC)CC1CCCO1. The maximum absolute atomic E-state index is 5.74. The average molecular weight is 256 g/mol. The van der Waals surface area contributed by atoms with Gasteiger partial charge >= 0.3 is 0 Å². The van der Waals surface area contributed by atoms with Crippen molar-refractivity contribution in [2.45, 2.75) is 71.6 Å². The minimum Gasteiger partial charge on any atom is -0.377 e. The summed E-state index contributed by atoms with van der Waals surface area (Å²) < 4.78 is 5.74. The third kappa shape index (κ3) is 5.25. The highest BCUT2D eigenvalue weighted by Gasteiger charge is 2.21. The number of nitrogens with zero attached hydrogens (tertiary/aromatic N) is 1. The van der Waals surface area contributed by atoms with E-state index in [1.54, 1.807) is 0 Å². The van der Waals surface area contributed by atoms with E-state index in [1.165, 1.54) is 25.7 Å². The molecule has 0 saturated carbocycles. The van der Waals surface area contributed by atoms with E-state index in [1.807, 2.05) is 0 Å². The molecule has 1 heterocycles. The summed E-state index contributed by atoms with van der Waals surface area (Å²) >= 11 is 0.